The molecule has 0 amide bonds. The van der Waals surface area contributed by atoms with E-state index in [0.29, 0.717) is 17.4 Å². The normalized spacial score (nSPS) is 24.4. The molecule has 1 saturated carbocycles. The van der Waals surface area contributed by atoms with Crippen molar-refractivity contribution in [3.05, 3.63) is 29.0 Å². The molecule has 1 aromatic rings. The van der Waals surface area contributed by atoms with Gasteiger partial charge in [0.25, 0.3) is 0 Å². The lowest BCUT2D eigenvalue weighted by molar-refractivity contribution is -0.114. The summed E-state index contributed by atoms with van der Waals surface area (Å²) in [7, 11) is 0. The Kier molecular flexibility index (Phi) is 3.42. The third-order valence-corrected chi connectivity index (χ3v) is 6.57. The van der Waals surface area contributed by atoms with Gasteiger partial charge in [-0.2, -0.15) is 0 Å². The summed E-state index contributed by atoms with van der Waals surface area (Å²) in [5.74, 6) is 3.67. The number of pyridine rings is 1. The summed E-state index contributed by atoms with van der Waals surface area (Å²) in [4.78, 5) is 21.7. The van der Waals surface area contributed by atoms with Crippen LogP contribution in [-0.2, 0) is 11.2 Å². The fourth-order valence-electron chi connectivity index (χ4n) is 4.59. The molecule has 0 bridgehead atoms. The second-order valence-electron chi connectivity index (χ2n) is 8.32. The summed E-state index contributed by atoms with van der Waals surface area (Å²) < 4.78 is 0. The molecule has 0 unspecified atom stereocenters. The van der Waals surface area contributed by atoms with Crippen molar-refractivity contribution in [3.8, 4) is 12.3 Å². The smallest absolute Gasteiger partial charge is 0.177 e. The van der Waals surface area contributed by atoms with Gasteiger partial charge in [-0.25, -0.2) is 4.98 Å². The molecule has 5 rings (SSSR count). The number of allylic oxidation sites excluding steroid dienone is 1. The number of terminal acetylenes is 1. The molecular formula is C21H24N4O. The minimum absolute atomic E-state index is 0.0437. The Morgan fingerprint density at radius 2 is 1.92 bits per heavy atom. The molecule has 2 N–H and O–H groups in total. The van der Waals surface area contributed by atoms with Crippen molar-refractivity contribution >= 4 is 17.3 Å². The van der Waals surface area contributed by atoms with Gasteiger partial charge < -0.3 is 15.5 Å². The van der Waals surface area contributed by atoms with Gasteiger partial charge in [-0.3, -0.25) is 4.79 Å². The Hall–Kier alpha value is -2.32. The van der Waals surface area contributed by atoms with Crippen LogP contribution >= 0.6 is 0 Å². The van der Waals surface area contributed by atoms with Crippen molar-refractivity contribution in [2.45, 2.75) is 38.1 Å². The lowest BCUT2D eigenvalue weighted by atomic mass is 9.86. The molecule has 4 aliphatic rings. The van der Waals surface area contributed by atoms with Gasteiger partial charge >= 0.3 is 0 Å². The number of carbonyl (C=O) groups is 1. The number of ketones is 1. The minimum atomic E-state index is 0.0437. The molecule has 134 valence electrons. The van der Waals surface area contributed by atoms with E-state index < -0.39 is 0 Å². The third kappa shape index (κ3) is 2.44. The summed E-state index contributed by atoms with van der Waals surface area (Å²) in [5.41, 5.74) is 10.1. The lowest BCUT2D eigenvalue weighted by Gasteiger charge is -2.40. The first-order valence-corrected chi connectivity index (χ1v) is 9.57. The molecule has 5 heteroatoms. The lowest BCUT2D eigenvalue weighted by Crippen LogP contribution is -2.56. The van der Waals surface area contributed by atoms with Gasteiger partial charge in [0.2, 0.25) is 0 Å². The SMILES string of the molecule is C#CC1=C(N2CCC3(CC2)CC3)c2cc(N3CC(N)C3)ncc2CC1=O. The molecule has 2 aliphatic carbocycles. The molecule has 3 fully saturated rings. The van der Waals surface area contributed by atoms with E-state index in [4.69, 9.17) is 12.2 Å². The summed E-state index contributed by atoms with van der Waals surface area (Å²) in [5, 5.41) is 0. The number of Topliss-reactive ketones (excluding diaryl/α,β-unsaturated/α-hetero) is 1. The first-order valence-electron chi connectivity index (χ1n) is 9.57. The highest BCUT2D eigenvalue weighted by Gasteiger charge is 2.45. The van der Waals surface area contributed by atoms with Crippen LogP contribution in [0.3, 0.4) is 0 Å². The summed E-state index contributed by atoms with van der Waals surface area (Å²) in [6, 6.07) is 2.34. The average Bonchev–Trinajstić information content (AvgIpc) is 3.37. The van der Waals surface area contributed by atoms with Crippen molar-refractivity contribution in [2.75, 3.05) is 31.1 Å². The molecule has 1 aromatic heterocycles. The van der Waals surface area contributed by atoms with E-state index in [1.165, 1.54) is 25.7 Å². The van der Waals surface area contributed by atoms with E-state index in [1.807, 2.05) is 6.20 Å². The number of carbonyl (C=O) groups excluding carboxylic acids is 1. The van der Waals surface area contributed by atoms with E-state index in [9.17, 15) is 4.79 Å². The minimum Gasteiger partial charge on any atom is -0.370 e. The molecule has 3 heterocycles. The number of hydrogen-bond acceptors (Lipinski definition) is 5. The molecule has 1 spiro atoms. The van der Waals surface area contributed by atoms with Gasteiger partial charge in [0.15, 0.2) is 5.78 Å². The van der Waals surface area contributed by atoms with Gasteiger partial charge in [0.05, 0.1) is 11.3 Å². The molecule has 2 saturated heterocycles. The van der Waals surface area contributed by atoms with Crippen LogP contribution in [0.1, 0.15) is 36.8 Å². The van der Waals surface area contributed by atoms with Gasteiger partial charge in [0, 0.05) is 50.4 Å². The number of rotatable bonds is 2. The van der Waals surface area contributed by atoms with E-state index in [1.54, 1.807) is 0 Å². The number of piperidine rings is 1. The Bertz CT molecular complexity index is 845. The number of likely N-dealkylation sites (tertiary alicyclic amines) is 1. The Morgan fingerprint density at radius 1 is 1.19 bits per heavy atom. The zero-order valence-corrected chi connectivity index (χ0v) is 15.0. The second-order valence-corrected chi connectivity index (χ2v) is 8.32. The van der Waals surface area contributed by atoms with Crippen LogP contribution in [0.4, 0.5) is 5.82 Å². The Labute approximate surface area is 154 Å². The van der Waals surface area contributed by atoms with E-state index in [2.05, 4.69) is 26.8 Å². The van der Waals surface area contributed by atoms with Gasteiger partial charge in [0.1, 0.15) is 5.82 Å². The van der Waals surface area contributed by atoms with Crippen molar-refractivity contribution in [2.24, 2.45) is 11.1 Å². The van der Waals surface area contributed by atoms with Gasteiger partial charge in [-0.05, 0) is 42.7 Å². The number of hydrogen-bond donors (Lipinski definition) is 1. The van der Waals surface area contributed by atoms with Crippen molar-refractivity contribution in [1.82, 2.24) is 9.88 Å². The van der Waals surface area contributed by atoms with Crippen LogP contribution in [-0.4, -0.2) is 47.9 Å². The van der Waals surface area contributed by atoms with E-state index >= 15 is 0 Å². The topological polar surface area (TPSA) is 62.5 Å². The fourth-order valence-corrected chi connectivity index (χ4v) is 4.59. The van der Waals surface area contributed by atoms with Crippen molar-refractivity contribution in [1.29, 1.82) is 0 Å². The van der Waals surface area contributed by atoms with Crippen LogP contribution in [0.2, 0.25) is 0 Å². The second kappa shape index (κ2) is 5.59. The molecule has 0 radical (unpaired) electrons. The maximum absolute atomic E-state index is 12.6. The van der Waals surface area contributed by atoms with Crippen LogP contribution in [0.5, 0.6) is 0 Å². The number of aromatic nitrogens is 1. The number of nitrogens with zero attached hydrogens (tertiary/aromatic N) is 3. The van der Waals surface area contributed by atoms with E-state index in [0.717, 1.165) is 48.8 Å². The largest absolute Gasteiger partial charge is 0.370 e. The molecule has 0 aromatic carbocycles. The summed E-state index contributed by atoms with van der Waals surface area (Å²) >= 11 is 0. The average molecular weight is 348 g/mol. The van der Waals surface area contributed by atoms with Crippen LogP contribution in [0, 0.1) is 17.8 Å². The first kappa shape index (κ1) is 15.9. The predicted molar refractivity (Wildman–Crippen MR) is 101 cm³/mol. The molecule has 5 nitrogen and oxygen atoms in total. The summed E-state index contributed by atoms with van der Waals surface area (Å²) in [6.45, 7) is 3.63. The van der Waals surface area contributed by atoms with Gasteiger partial charge in [-0.15, -0.1) is 6.42 Å². The summed E-state index contributed by atoms with van der Waals surface area (Å²) in [6.07, 6.45) is 13.1. The Morgan fingerprint density at radius 3 is 2.54 bits per heavy atom. The maximum atomic E-state index is 12.6. The van der Waals surface area contributed by atoms with Crippen molar-refractivity contribution < 1.29 is 4.79 Å². The quantitative estimate of drug-likeness (QED) is 0.822. The number of nitrogens with two attached hydrogens (primary N) is 1. The maximum Gasteiger partial charge on any atom is 0.177 e. The third-order valence-electron chi connectivity index (χ3n) is 6.57. The van der Waals surface area contributed by atoms with Crippen LogP contribution in [0.25, 0.3) is 5.70 Å². The fraction of sp³-hybridized carbons (Fsp3) is 0.524. The highest BCUT2D eigenvalue weighted by molar-refractivity contribution is 6.10. The zero-order valence-electron chi connectivity index (χ0n) is 15.0. The van der Waals surface area contributed by atoms with Crippen LogP contribution < -0.4 is 10.6 Å². The predicted octanol–water partition coefficient (Wildman–Crippen LogP) is 1.57. The monoisotopic (exact) mass is 348 g/mol. The number of anilines is 1. The molecule has 26 heavy (non-hydrogen) atoms. The molecule has 0 atom stereocenters. The Balaban J connectivity index is 1.53. The van der Waals surface area contributed by atoms with E-state index in [-0.39, 0.29) is 11.8 Å². The highest BCUT2D eigenvalue weighted by Crippen LogP contribution is 2.54. The first-order chi connectivity index (χ1) is 12.6. The highest BCUT2D eigenvalue weighted by atomic mass is 16.1. The molecular weight excluding hydrogens is 324 g/mol. The van der Waals surface area contributed by atoms with Gasteiger partial charge in [-0.1, -0.05) is 5.92 Å². The van der Waals surface area contributed by atoms with Crippen molar-refractivity contribution in [3.63, 3.8) is 0 Å². The molecule has 2 aliphatic heterocycles. The number of fused-ring (bicyclic) bond motifs is 1. The standard InChI is InChI=1S/C21H24N4O/c1-2-16-18(26)9-14-11-23-19(25-12-15(22)13-25)10-17(14)20(16)24-7-5-21(3-4-21)6-8-24/h1,10-11,15H,3-9,12-13,22H2. The zero-order chi connectivity index (χ0) is 17.9. The van der Waals surface area contributed by atoms with Crippen LogP contribution in [0.15, 0.2) is 17.8 Å².